The van der Waals surface area contributed by atoms with Crippen molar-refractivity contribution in [2.24, 2.45) is 4.99 Å². The van der Waals surface area contributed by atoms with Crippen LogP contribution >= 0.6 is 0 Å². The van der Waals surface area contributed by atoms with Crippen LogP contribution in [-0.4, -0.2) is 67.0 Å². The Bertz CT molecular complexity index is 621. The standard InChI is InChI=1S/C24H43N5O/c1-7-25-24(27-20(6)13-12-18-28(8-2)9-3)26-19-21-14-16-22(17-15-21)23(30)29(10-4)11-5/h14-17,20H,7-13,18-19H2,1-6H3,(H2,25,26,27). The Labute approximate surface area is 184 Å². The maximum atomic E-state index is 12.4. The first-order valence-electron chi connectivity index (χ1n) is 11.6. The molecule has 0 saturated carbocycles. The van der Waals surface area contributed by atoms with Crippen molar-refractivity contribution in [3.05, 3.63) is 35.4 Å². The Morgan fingerprint density at radius 2 is 1.63 bits per heavy atom. The van der Waals surface area contributed by atoms with Gasteiger partial charge in [-0.1, -0.05) is 26.0 Å². The highest BCUT2D eigenvalue weighted by molar-refractivity contribution is 5.94. The molecule has 0 saturated heterocycles. The van der Waals surface area contributed by atoms with Gasteiger partial charge in [0, 0.05) is 31.2 Å². The third-order valence-corrected chi connectivity index (χ3v) is 5.40. The Kier molecular flexibility index (Phi) is 12.8. The van der Waals surface area contributed by atoms with Crippen LogP contribution in [0.5, 0.6) is 0 Å². The van der Waals surface area contributed by atoms with E-state index in [1.807, 2.05) is 43.0 Å². The van der Waals surface area contributed by atoms with Crippen molar-refractivity contribution in [2.75, 3.05) is 39.3 Å². The quantitative estimate of drug-likeness (QED) is 0.379. The zero-order chi connectivity index (χ0) is 22.4. The second-order valence-corrected chi connectivity index (χ2v) is 7.58. The number of rotatable bonds is 13. The molecule has 1 amide bonds. The first-order valence-corrected chi connectivity index (χ1v) is 11.6. The number of nitrogens with one attached hydrogen (secondary N) is 2. The van der Waals surface area contributed by atoms with Gasteiger partial charge in [0.1, 0.15) is 0 Å². The van der Waals surface area contributed by atoms with Crippen LogP contribution in [0.1, 0.15) is 70.3 Å². The number of benzene rings is 1. The van der Waals surface area contributed by atoms with Gasteiger partial charge in [0.15, 0.2) is 5.96 Å². The van der Waals surface area contributed by atoms with Crippen LogP contribution in [0.25, 0.3) is 0 Å². The van der Waals surface area contributed by atoms with Gasteiger partial charge < -0.3 is 20.4 Å². The van der Waals surface area contributed by atoms with Gasteiger partial charge in [-0.15, -0.1) is 0 Å². The fourth-order valence-electron chi connectivity index (χ4n) is 3.40. The zero-order valence-electron chi connectivity index (χ0n) is 20.0. The molecule has 1 aromatic rings. The van der Waals surface area contributed by atoms with Crippen LogP contribution in [0.4, 0.5) is 0 Å². The molecule has 0 aliphatic carbocycles. The summed E-state index contributed by atoms with van der Waals surface area (Å²) in [5.41, 5.74) is 1.83. The molecule has 0 aliphatic rings. The van der Waals surface area contributed by atoms with E-state index in [0.29, 0.717) is 12.6 Å². The molecule has 6 nitrogen and oxygen atoms in total. The van der Waals surface area contributed by atoms with Crippen LogP contribution in [-0.2, 0) is 6.54 Å². The first kappa shape index (κ1) is 26.0. The molecule has 0 aliphatic heterocycles. The monoisotopic (exact) mass is 417 g/mol. The Morgan fingerprint density at radius 3 is 2.17 bits per heavy atom. The average molecular weight is 418 g/mol. The molecular formula is C24H43N5O. The van der Waals surface area contributed by atoms with Gasteiger partial charge >= 0.3 is 0 Å². The van der Waals surface area contributed by atoms with Crippen LogP contribution in [0, 0.1) is 0 Å². The van der Waals surface area contributed by atoms with Crippen molar-refractivity contribution in [3.8, 4) is 0 Å². The lowest BCUT2D eigenvalue weighted by Gasteiger charge is -2.21. The highest BCUT2D eigenvalue weighted by Crippen LogP contribution is 2.09. The summed E-state index contributed by atoms with van der Waals surface area (Å²) in [6.45, 7) is 19.0. The van der Waals surface area contributed by atoms with Gasteiger partial charge in [0.2, 0.25) is 0 Å². The highest BCUT2D eigenvalue weighted by Gasteiger charge is 2.12. The third-order valence-electron chi connectivity index (χ3n) is 5.40. The molecule has 0 bridgehead atoms. The summed E-state index contributed by atoms with van der Waals surface area (Å²) in [5, 5.41) is 6.85. The second-order valence-electron chi connectivity index (χ2n) is 7.58. The van der Waals surface area contributed by atoms with Gasteiger partial charge in [-0.2, -0.15) is 0 Å². The average Bonchev–Trinajstić information content (AvgIpc) is 2.76. The lowest BCUT2D eigenvalue weighted by molar-refractivity contribution is 0.0773. The van der Waals surface area contributed by atoms with Crippen molar-refractivity contribution >= 4 is 11.9 Å². The van der Waals surface area contributed by atoms with E-state index in [9.17, 15) is 4.79 Å². The maximum absolute atomic E-state index is 12.4. The summed E-state index contributed by atoms with van der Waals surface area (Å²) in [6, 6.07) is 8.17. The first-order chi connectivity index (χ1) is 14.5. The van der Waals surface area contributed by atoms with Crippen molar-refractivity contribution in [1.29, 1.82) is 0 Å². The molecule has 2 N–H and O–H groups in total. The van der Waals surface area contributed by atoms with E-state index in [2.05, 4.69) is 43.2 Å². The number of aliphatic imine (C=N–C) groups is 1. The molecule has 0 radical (unpaired) electrons. The van der Waals surface area contributed by atoms with Gasteiger partial charge in [0.05, 0.1) is 6.54 Å². The van der Waals surface area contributed by atoms with E-state index in [4.69, 9.17) is 4.99 Å². The van der Waals surface area contributed by atoms with E-state index in [1.54, 1.807) is 0 Å². The number of nitrogens with zero attached hydrogens (tertiary/aromatic N) is 3. The molecule has 0 fully saturated rings. The largest absolute Gasteiger partial charge is 0.357 e. The van der Waals surface area contributed by atoms with Crippen molar-refractivity contribution in [2.45, 2.75) is 67.0 Å². The minimum Gasteiger partial charge on any atom is -0.357 e. The molecule has 1 aromatic carbocycles. The highest BCUT2D eigenvalue weighted by atomic mass is 16.2. The summed E-state index contributed by atoms with van der Waals surface area (Å²) in [4.78, 5) is 21.5. The minimum atomic E-state index is 0.0867. The van der Waals surface area contributed by atoms with Crippen LogP contribution in [0.15, 0.2) is 29.3 Å². The lowest BCUT2D eigenvalue weighted by Crippen LogP contribution is -2.42. The van der Waals surface area contributed by atoms with Crippen LogP contribution in [0.3, 0.4) is 0 Å². The number of hydrogen-bond donors (Lipinski definition) is 2. The number of amides is 1. The van der Waals surface area contributed by atoms with E-state index < -0.39 is 0 Å². The summed E-state index contributed by atoms with van der Waals surface area (Å²) in [6.07, 6.45) is 2.29. The Morgan fingerprint density at radius 1 is 1.00 bits per heavy atom. The van der Waals surface area contributed by atoms with E-state index in [0.717, 1.165) is 62.8 Å². The molecule has 170 valence electrons. The second kappa shape index (κ2) is 14.8. The van der Waals surface area contributed by atoms with Crippen molar-refractivity contribution < 1.29 is 4.79 Å². The van der Waals surface area contributed by atoms with Gasteiger partial charge in [-0.3, -0.25) is 4.79 Å². The molecule has 30 heavy (non-hydrogen) atoms. The SMILES string of the molecule is CCNC(=NCc1ccc(C(=O)N(CC)CC)cc1)NC(C)CCCN(CC)CC. The normalized spacial score (nSPS) is 12.7. The van der Waals surface area contributed by atoms with Gasteiger partial charge in [-0.05, 0) is 77.9 Å². The summed E-state index contributed by atoms with van der Waals surface area (Å²) in [7, 11) is 0. The predicted molar refractivity (Wildman–Crippen MR) is 128 cm³/mol. The zero-order valence-corrected chi connectivity index (χ0v) is 20.0. The smallest absolute Gasteiger partial charge is 0.253 e. The van der Waals surface area contributed by atoms with E-state index in [1.165, 1.54) is 6.42 Å². The molecular weight excluding hydrogens is 374 g/mol. The van der Waals surface area contributed by atoms with Gasteiger partial charge in [-0.25, -0.2) is 4.99 Å². The fourth-order valence-corrected chi connectivity index (χ4v) is 3.40. The van der Waals surface area contributed by atoms with Crippen LogP contribution in [0.2, 0.25) is 0 Å². The number of hydrogen-bond acceptors (Lipinski definition) is 3. The molecule has 1 atom stereocenters. The van der Waals surface area contributed by atoms with Crippen molar-refractivity contribution in [1.82, 2.24) is 20.4 Å². The summed E-state index contributed by atoms with van der Waals surface area (Å²) >= 11 is 0. The van der Waals surface area contributed by atoms with Crippen molar-refractivity contribution in [3.63, 3.8) is 0 Å². The lowest BCUT2D eigenvalue weighted by atomic mass is 10.1. The Hall–Kier alpha value is -2.08. The molecule has 0 spiro atoms. The summed E-state index contributed by atoms with van der Waals surface area (Å²) < 4.78 is 0. The summed E-state index contributed by atoms with van der Waals surface area (Å²) in [5.74, 6) is 0.930. The molecule has 6 heteroatoms. The fraction of sp³-hybridized carbons (Fsp3) is 0.667. The topological polar surface area (TPSA) is 60.0 Å². The van der Waals surface area contributed by atoms with Crippen LogP contribution < -0.4 is 10.6 Å². The number of carbonyl (C=O) groups excluding carboxylic acids is 1. The maximum Gasteiger partial charge on any atom is 0.253 e. The van der Waals surface area contributed by atoms with Gasteiger partial charge in [0.25, 0.3) is 5.91 Å². The Balaban J connectivity index is 2.62. The van der Waals surface area contributed by atoms with E-state index >= 15 is 0 Å². The molecule has 1 rings (SSSR count). The molecule has 1 unspecified atom stereocenters. The van der Waals surface area contributed by atoms with E-state index in [-0.39, 0.29) is 5.91 Å². The predicted octanol–water partition coefficient (Wildman–Crippen LogP) is 3.73. The molecule has 0 aromatic heterocycles. The molecule has 0 heterocycles. The number of carbonyl (C=O) groups is 1. The third kappa shape index (κ3) is 9.16. The minimum absolute atomic E-state index is 0.0867. The number of guanidine groups is 1.